The molecule has 152 valence electrons. The van der Waals surface area contributed by atoms with Crippen molar-refractivity contribution in [3.8, 4) is 0 Å². The molecule has 1 fully saturated rings. The van der Waals surface area contributed by atoms with Crippen molar-refractivity contribution in [2.75, 3.05) is 13.7 Å². The lowest BCUT2D eigenvalue weighted by Crippen LogP contribution is -2.29. The van der Waals surface area contributed by atoms with Gasteiger partial charge < -0.3 is 23.3 Å². The largest absolute Gasteiger partial charge is 0.459 e. The number of esters is 1. The molecule has 1 aliphatic heterocycles. The Kier molecular flexibility index (Phi) is 8.01. The van der Waals surface area contributed by atoms with Gasteiger partial charge in [0.05, 0.1) is 23.9 Å². The molecule has 1 heterocycles. The normalized spacial score (nSPS) is 23.1. The van der Waals surface area contributed by atoms with Crippen LogP contribution in [0, 0.1) is 0 Å². The third kappa shape index (κ3) is 6.13. The van der Waals surface area contributed by atoms with Crippen LogP contribution in [0.2, 0.25) is 0 Å². The van der Waals surface area contributed by atoms with Crippen molar-refractivity contribution in [2.24, 2.45) is 0 Å². The first kappa shape index (κ1) is 22.1. The van der Waals surface area contributed by atoms with E-state index < -0.39 is 25.5 Å². The van der Waals surface area contributed by atoms with Crippen LogP contribution in [0.3, 0.4) is 0 Å². The van der Waals surface area contributed by atoms with Gasteiger partial charge in [-0.1, -0.05) is 18.2 Å². The molecule has 1 saturated heterocycles. The summed E-state index contributed by atoms with van der Waals surface area (Å²) in [5.74, 6) is -1.22. The molecule has 0 bridgehead atoms. The Morgan fingerprint density at radius 1 is 1.15 bits per heavy atom. The van der Waals surface area contributed by atoms with Gasteiger partial charge in [-0.05, 0) is 39.8 Å². The van der Waals surface area contributed by atoms with Crippen molar-refractivity contribution in [1.82, 2.24) is 0 Å². The number of hydrogen-bond acceptors (Lipinski definition) is 7. The first-order valence-electron chi connectivity index (χ1n) is 9.12. The van der Waals surface area contributed by atoms with Crippen LogP contribution >= 0.6 is 7.60 Å². The molecule has 0 saturated carbocycles. The molecule has 0 N–H and O–H groups in total. The topological polar surface area (TPSA) is 80.3 Å². The zero-order valence-corrected chi connectivity index (χ0v) is 17.4. The number of carbonyl (C=O) groups excluding carboxylic acids is 1. The highest BCUT2D eigenvalue weighted by atomic mass is 31.2. The van der Waals surface area contributed by atoms with Crippen LogP contribution in [0.15, 0.2) is 30.3 Å². The summed E-state index contributed by atoms with van der Waals surface area (Å²) in [5.41, 5.74) is 0.456. The van der Waals surface area contributed by atoms with E-state index in [1.54, 1.807) is 59.1 Å². The quantitative estimate of drug-likeness (QED) is 0.457. The molecule has 2 rings (SSSR count). The van der Waals surface area contributed by atoms with Crippen molar-refractivity contribution in [3.63, 3.8) is 0 Å². The van der Waals surface area contributed by atoms with Crippen molar-refractivity contribution >= 4 is 13.6 Å². The Morgan fingerprint density at radius 2 is 1.74 bits per heavy atom. The molecule has 0 radical (unpaired) electrons. The van der Waals surface area contributed by atoms with E-state index in [1.807, 2.05) is 6.07 Å². The predicted molar refractivity (Wildman–Crippen MR) is 101 cm³/mol. The van der Waals surface area contributed by atoms with E-state index in [-0.39, 0.29) is 24.9 Å². The lowest BCUT2D eigenvalue weighted by molar-refractivity contribution is -0.0371. The van der Waals surface area contributed by atoms with Crippen LogP contribution in [-0.4, -0.2) is 49.9 Å². The monoisotopic (exact) mass is 400 g/mol. The molecule has 27 heavy (non-hydrogen) atoms. The summed E-state index contributed by atoms with van der Waals surface area (Å²) in [4.78, 5) is 12.1. The van der Waals surface area contributed by atoms with Gasteiger partial charge in [-0.3, -0.25) is 4.57 Å². The van der Waals surface area contributed by atoms with Gasteiger partial charge in [-0.25, -0.2) is 4.79 Å². The summed E-state index contributed by atoms with van der Waals surface area (Å²) < 4.78 is 41.2. The molecule has 1 aromatic rings. The molecule has 8 heteroatoms. The minimum atomic E-state index is -3.52. The average molecular weight is 400 g/mol. The highest BCUT2D eigenvalue weighted by Gasteiger charge is 2.48. The fraction of sp³-hybridized carbons (Fsp3) is 0.632. The molecule has 0 aromatic heterocycles. The van der Waals surface area contributed by atoms with E-state index in [0.29, 0.717) is 12.0 Å². The number of ether oxygens (including phenoxy) is 3. The lowest BCUT2D eigenvalue weighted by atomic mass is 10.2. The fourth-order valence-electron chi connectivity index (χ4n) is 2.86. The van der Waals surface area contributed by atoms with Crippen LogP contribution in [-0.2, 0) is 27.8 Å². The highest BCUT2D eigenvalue weighted by molar-refractivity contribution is 7.54. The summed E-state index contributed by atoms with van der Waals surface area (Å²) in [6.45, 7) is 7.15. The smallest absolute Gasteiger partial charge is 0.359 e. The Balaban J connectivity index is 2.04. The third-order valence-corrected chi connectivity index (χ3v) is 6.41. The standard InChI is InChI=1S/C19H29O7P/c1-13(2)25-27(21,26-14(3)4)18-11-16(22-5)17(24-18)12-23-19(20)15-9-7-6-8-10-15/h6-10,13-14,16-18H,11-12H2,1-5H3/t16-,17+,18-/m0/s1. The minimum absolute atomic E-state index is 0.00785. The number of benzene rings is 1. The SMILES string of the molecule is CO[C@H]1C[C@H](P(=O)(OC(C)C)OC(C)C)O[C@@H]1COC(=O)c1ccccc1. The molecular weight excluding hydrogens is 371 g/mol. The summed E-state index contributed by atoms with van der Waals surface area (Å²) >= 11 is 0. The van der Waals surface area contributed by atoms with Crippen LogP contribution in [0.4, 0.5) is 0 Å². The molecule has 0 amide bonds. The van der Waals surface area contributed by atoms with E-state index in [9.17, 15) is 9.36 Å². The summed E-state index contributed by atoms with van der Waals surface area (Å²) in [7, 11) is -1.97. The van der Waals surface area contributed by atoms with E-state index in [4.69, 9.17) is 23.3 Å². The third-order valence-electron chi connectivity index (χ3n) is 3.94. The second-order valence-electron chi connectivity index (χ2n) is 6.95. The Labute approximate surface area is 160 Å². The van der Waals surface area contributed by atoms with Gasteiger partial charge in [0.25, 0.3) is 0 Å². The maximum absolute atomic E-state index is 13.3. The maximum atomic E-state index is 13.3. The zero-order valence-electron chi connectivity index (χ0n) is 16.5. The molecule has 1 aromatic carbocycles. The molecule has 0 unspecified atom stereocenters. The van der Waals surface area contributed by atoms with Crippen molar-refractivity contribution in [3.05, 3.63) is 35.9 Å². The second kappa shape index (κ2) is 9.80. The van der Waals surface area contributed by atoms with Crippen LogP contribution in [0.5, 0.6) is 0 Å². The molecular formula is C19H29O7P. The fourth-order valence-corrected chi connectivity index (χ4v) is 5.13. The summed E-state index contributed by atoms with van der Waals surface area (Å²) in [6.07, 6.45) is -1.16. The van der Waals surface area contributed by atoms with Crippen LogP contribution < -0.4 is 0 Å². The second-order valence-corrected chi connectivity index (χ2v) is 9.03. The van der Waals surface area contributed by atoms with Gasteiger partial charge in [-0.15, -0.1) is 0 Å². The molecule has 7 nitrogen and oxygen atoms in total. The van der Waals surface area contributed by atoms with Crippen LogP contribution in [0.1, 0.15) is 44.5 Å². The molecule has 0 aliphatic carbocycles. The van der Waals surface area contributed by atoms with Gasteiger partial charge in [0, 0.05) is 13.5 Å². The first-order chi connectivity index (χ1) is 12.7. The maximum Gasteiger partial charge on any atom is 0.359 e. The van der Waals surface area contributed by atoms with E-state index in [1.165, 1.54) is 0 Å². The lowest BCUT2D eigenvalue weighted by Gasteiger charge is -2.27. The minimum Gasteiger partial charge on any atom is -0.459 e. The van der Waals surface area contributed by atoms with E-state index in [2.05, 4.69) is 0 Å². The molecule has 0 spiro atoms. The predicted octanol–water partition coefficient (Wildman–Crippen LogP) is 4.02. The van der Waals surface area contributed by atoms with Gasteiger partial charge in [0.2, 0.25) is 0 Å². The number of hydrogen-bond donors (Lipinski definition) is 0. The van der Waals surface area contributed by atoms with Crippen molar-refractivity contribution in [1.29, 1.82) is 0 Å². The Hall–Kier alpha value is -1.24. The number of rotatable bonds is 9. The van der Waals surface area contributed by atoms with E-state index >= 15 is 0 Å². The Morgan fingerprint density at radius 3 is 2.26 bits per heavy atom. The molecule has 1 aliphatic rings. The van der Waals surface area contributed by atoms with Gasteiger partial charge in [0.1, 0.15) is 12.7 Å². The number of methoxy groups -OCH3 is 1. The zero-order chi connectivity index (χ0) is 20.0. The van der Waals surface area contributed by atoms with Gasteiger partial charge >= 0.3 is 13.6 Å². The summed E-state index contributed by atoms with van der Waals surface area (Å²) in [5, 5.41) is 0. The average Bonchev–Trinajstić information content (AvgIpc) is 3.03. The van der Waals surface area contributed by atoms with Crippen molar-refractivity contribution < 1.29 is 32.6 Å². The molecule has 3 atom stereocenters. The number of carbonyl (C=O) groups is 1. The van der Waals surface area contributed by atoms with Crippen LogP contribution in [0.25, 0.3) is 0 Å². The highest BCUT2D eigenvalue weighted by Crippen LogP contribution is 2.59. The first-order valence-corrected chi connectivity index (χ1v) is 10.7. The van der Waals surface area contributed by atoms with Crippen molar-refractivity contribution in [2.45, 2.75) is 64.4 Å². The van der Waals surface area contributed by atoms with Gasteiger partial charge in [0.15, 0.2) is 5.85 Å². The summed E-state index contributed by atoms with van der Waals surface area (Å²) in [6, 6.07) is 8.70. The van der Waals surface area contributed by atoms with E-state index in [0.717, 1.165) is 0 Å². The Bertz CT molecular complexity index is 633. The van der Waals surface area contributed by atoms with Gasteiger partial charge in [-0.2, -0.15) is 0 Å².